The van der Waals surface area contributed by atoms with Crippen molar-refractivity contribution in [2.24, 2.45) is 0 Å². The first-order chi connectivity index (χ1) is 12.7. The fourth-order valence-corrected chi connectivity index (χ4v) is 3.20. The number of esters is 1. The zero-order chi connectivity index (χ0) is 18.4. The molecule has 3 rings (SSSR count). The summed E-state index contributed by atoms with van der Waals surface area (Å²) in [7, 11) is 1.34. The summed E-state index contributed by atoms with van der Waals surface area (Å²) in [4.78, 5) is 26.4. The van der Waals surface area contributed by atoms with E-state index in [1.165, 1.54) is 26.4 Å². The molecular formula is C21H24N2O3. The molecule has 5 nitrogen and oxygen atoms in total. The maximum Gasteiger partial charge on any atom is 0.337 e. The third-order valence-electron chi connectivity index (χ3n) is 4.61. The van der Waals surface area contributed by atoms with Crippen molar-refractivity contribution in [2.45, 2.75) is 25.8 Å². The Morgan fingerprint density at radius 2 is 1.73 bits per heavy atom. The van der Waals surface area contributed by atoms with Crippen LogP contribution in [-0.4, -0.2) is 37.0 Å². The molecule has 2 aromatic carbocycles. The molecule has 0 aliphatic carbocycles. The van der Waals surface area contributed by atoms with Gasteiger partial charge in [0, 0.05) is 17.8 Å². The van der Waals surface area contributed by atoms with Crippen molar-refractivity contribution in [3.8, 4) is 0 Å². The lowest BCUT2D eigenvalue weighted by Gasteiger charge is -2.26. The Labute approximate surface area is 154 Å². The molecule has 0 spiro atoms. The van der Waals surface area contributed by atoms with E-state index in [1.807, 2.05) is 18.2 Å². The van der Waals surface area contributed by atoms with Gasteiger partial charge in [0.15, 0.2) is 0 Å². The fraction of sp³-hybridized carbons (Fsp3) is 0.333. The summed E-state index contributed by atoms with van der Waals surface area (Å²) in [6.07, 6.45) is 3.82. The number of carbonyl (C=O) groups excluding carboxylic acids is 2. The van der Waals surface area contributed by atoms with Crippen LogP contribution in [-0.2, 0) is 11.3 Å². The lowest BCUT2D eigenvalue weighted by molar-refractivity contribution is 0.0600. The van der Waals surface area contributed by atoms with Crippen LogP contribution in [0.2, 0.25) is 0 Å². The molecule has 0 saturated carbocycles. The first-order valence-corrected chi connectivity index (χ1v) is 8.97. The van der Waals surface area contributed by atoms with E-state index in [0.717, 1.165) is 25.2 Å². The molecule has 1 aliphatic heterocycles. The van der Waals surface area contributed by atoms with Gasteiger partial charge in [-0.15, -0.1) is 0 Å². The van der Waals surface area contributed by atoms with Crippen LogP contribution in [0.15, 0.2) is 48.5 Å². The van der Waals surface area contributed by atoms with Crippen LogP contribution in [0.5, 0.6) is 0 Å². The van der Waals surface area contributed by atoms with Gasteiger partial charge in [-0.05, 0) is 67.9 Å². The number of hydrogen-bond acceptors (Lipinski definition) is 4. The molecule has 0 bridgehead atoms. The average molecular weight is 352 g/mol. The molecule has 0 atom stereocenters. The highest BCUT2D eigenvalue weighted by Gasteiger charge is 2.12. The fourth-order valence-electron chi connectivity index (χ4n) is 3.20. The highest BCUT2D eigenvalue weighted by Crippen LogP contribution is 2.16. The summed E-state index contributed by atoms with van der Waals surface area (Å²) >= 11 is 0. The Morgan fingerprint density at radius 3 is 2.42 bits per heavy atom. The van der Waals surface area contributed by atoms with Crippen molar-refractivity contribution >= 4 is 17.6 Å². The standard InChI is InChI=1S/C21H24N2O3/c1-26-21(25)17-8-10-19(11-9-17)22-20(24)18-7-5-6-16(14-18)15-23-12-3-2-4-13-23/h5-11,14H,2-4,12-13,15H2,1H3,(H,22,24). The Hall–Kier alpha value is -2.66. The molecule has 136 valence electrons. The van der Waals surface area contributed by atoms with Crippen LogP contribution in [0.25, 0.3) is 0 Å². The molecule has 0 unspecified atom stereocenters. The molecule has 1 N–H and O–H groups in total. The number of likely N-dealkylation sites (tertiary alicyclic amines) is 1. The molecule has 0 radical (unpaired) electrons. The number of benzene rings is 2. The topological polar surface area (TPSA) is 58.6 Å². The molecule has 2 aromatic rings. The van der Waals surface area contributed by atoms with E-state index in [2.05, 4.69) is 21.0 Å². The van der Waals surface area contributed by atoms with E-state index < -0.39 is 5.97 Å². The summed E-state index contributed by atoms with van der Waals surface area (Å²) < 4.78 is 4.67. The predicted octanol–water partition coefficient (Wildman–Crippen LogP) is 3.71. The van der Waals surface area contributed by atoms with Crippen LogP contribution < -0.4 is 5.32 Å². The molecule has 5 heteroatoms. The summed E-state index contributed by atoms with van der Waals surface area (Å²) in [6, 6.07) is 14.4. The Balaban J connectivity index is 1.64. The lowest BCUT2D eigenvalue weighted by Crippen LogP contribution is -2.29. The van der Waals surface area contributed by atoms with Crippen molar-refractivity contribution in [3.05, 3.63) is 65.2 Å². The summed E-state index contributed by atoms with van der Waals surface area (Å²) in [5.41, 5.74) is 2.88. The van der Waals surface area contributed by atoms with Crippen molar-refractivity contribution in [3.63, 3.8) is 0 Å². The lowest BCUT2D eigenvalue weighted by atomic mass is 10.1. The van der Waals surface area contributed by atoms with E-state index >= 15 is 0 Å². The van der Waals surface area contributed by atoms with Gasteiger partial charge in [0.1, 0.15) is 0 Å². The molecule has 0 aromatic heterocycles. The number of anilines is 1. The SMILES string of the molecule is COC(=O)c1ccc(NC(=O)c2cccc(CN3CCCCC3)c2)cc1. The van der Waals surface area contributed by atoms with Crippen LogP contribution in [0, 0.1) is 0 Å². The molecule has 26 heavy (non-hydrogen) atoms. The number of amides is 1. The minimum atomic E-state index is -0.395. The number of nitrogens with one attached hydrogen (secondary N) is 1. The maximum atomic E-state index is 12.5. The average Bonchev–Trinajstić information content (AvgIpc) is 2.69. The molecule has 1 saturated heterocycles. The van der Waals surface area contributed by atoms with Gasteiger partial charge in [0.2, 0.25) is 0 Å². The number of carbonyl (C=O) groups is 2. The first kappa shape index (κ1) is 18.1. The minimum Gasteiger partial charge on any atom is -0.465 e. The molecule has 1 fully saturated rings. The van der Waals surface area contributed by atoms with Crippen LogP contribution in [0.4, 0.5) is 5.69 Å². The number of ether oxygens (including phenoxy) is 1. The van der Waals surface area contributed by atoms with Gasteiger partial charge in [0.05, 0.1) is 12.7 Å². The zero-order valence-corrected chi connectivity index (χ0v) is 15.0. The number of hydrogen-bond donors (Lipinski definition) is 1. The quantitative estimate of drug-likeness (QED) is 0.834. The van der Waals surface area contributed by atoms with Crippen LogP contribution >= 0.6 is 0 Å². The minimum absolute atomic E-state index is 0.156. The predicted molar refractivity (Wildman–Crippen MR) is 101 cm³/mol. The van der Waals surface area contributed by atoms with Gasteiger partial charge in [-0.25, -0.2) is 4.79 Å². The monoisotopic (exact) mass is 352 g/mol. The Kier molecular flexibility index (Phi) is 6.02. The van der Waals surface area contributed by atoms with Gasteiger partial charge in [-0.3, -0.25) is 9.69 Å². The van der Waals surface area contributed by atoms with E-state index in [9.17, 15) is 9.59 Å². The maximum absolute atomic E-state index is 12.5. The third-order valence-corrected chi connectivity index (χ3v) is 4.61. The second kappa shape index (κ2) is 8.63. The number of methoxy groups -OCH3 is 1. The van der Waals surface area contributed by atoms with Crippen LogP contribution in [0.3, 0.4) is 0 Å². The highest BCUT2D eigenvalue weighted by molar-refractivity contribution is 6.04. The van der Waals surface area contributed by atoms with Crippen molar-refractivity contribution in [1.29, 1.82) is 0 Å². The number of nitrogens with zero attached hydrogens (tertiary/aromatic N) is 1. The Morgan fingerprint density at radius 1 is 1.00 bits per heavy atom. The largest absolute Gasteiger partial charge is 0.465 e. The van der Waals surface area contributed by atoms with Gasteiger partial charge < -0.3 is 10.1 Å². The van der Waals surface area contributed by atoms with Crippen molar-refractivity contribution in [1.82, 2.24) is 4.90 Å². The number of rotatable bonds is 5. The molecule has 1 aliphatic rings. The van der Waals surface area contributed by atoms with Gasteiger partial charge in [-0.1, -0.05) is 18.6 Å². The molecule has 1 amide bonds. The first-order valence-electron chi connectivity index (χ1n) is 8.97. The molecule has 1 heterocycles. The second-order valence-corrected chi connectivity index (χ2v) is 6.56. The van der Waals surface area contributed by atoms with E-state index in [-0.39, 0.29) is 5.91 Å². The van der Waals surface area contributed by atoms with E-state index in [0.29, 0.717) is 16.8 Å². The van der Waals surface area contributed by atoms with Gasteiger partial charge in [-0.2, -0.15) is 0 Å². The van der Waals surface area contributed by atoms with Crippen LogP contribution in [0.1, 0.15) is 45.5 Å². The normalized spacial score (nSPS) is 14.7. The molecular weight excluding hydrogens is 328 g/mol. The summed E-state index contributed by atoms with van der Waals surface area (Å²) in [6.45, 7) is 3.14. The third kappa shape index (κ3) is 4.70. The Bertz CT molecular complexity index is 765. The van der Waals surface area contributed by atoms with Crippen molar-refractivity contribution < 1.29 is 14.3 Å². The zero-order valence-electron chi connectivity index (χ0n) is 15.0. The van der Waals surface area contributed by atoms with Gasteiger partial charge in [0.25, 0.3) is 5.91 Å². The summed E-state index contributed by atoms with van der Waals surface area (Å²) in [5, 5.41) is 2.87. The van der Waals surface area contributed by atoms with E-state index in [4.69, 9.17) is 0 Å². The van der Waals surface area contributed by atoms with E-state index in [1.54, 1.807) is 24.3 Å². The summed E-state index contributed by atoms with van der Waals surface area (Å²) in [5.74, 6) is -0.551. The van der Waals surface area contributed by atoms with Gasteiger partial charge >= 0.3 is 5.97 Å². The highest BCUT2D eigenvalue weighted by atomic mass is 16.5. The number of piperidine rings is 1. The second-order valence-electron chi connectivity index (χ2n) is 6.56. The van der Waals surface area contributed by atoms with Crippen molar-refractivity contribution in [2.75, 3.05) is 25.5 Å². The smallest absolute Gasteiger partial charge is 0.337 e.